The molecule has 0 amide bonds. The molecule has 0 aliphatic carbocycles. The van der Waals surface area contributed by atoms with E-state index in [1.165, 1.54) is 0 Å². The fraction of sp³-hybridized carbons (Fsp3) is 0.538. The van der Waals surface area contributed by atoms with E-state index in [0.717, 1.165) is 29.0 Å². The molecular formula is C13H18ClN3. The van der Waals surface area contributed by atoms with Crippen molar-refractivity contribution in [2.45, 2.75) is 39.7 Å². The molecule has 0 aliphatic rings. The van der Waals surface area contributed by atoms with Crippen LogP contribution in [0.15, 0.2) is 12.3 Å². The fourth-order valence-corrected chi connectivity index (χ4v) is 2.24. The first-order chi connectivity index (χ1) is 7.93. The Bertz CT molecular complexity index is 537. The molecule has 0 N–H and O–H groups in total. The minimum absolute atomic E-state index is 0.0294. The van der Waals surface area contributed by atoms with Gasteiger partial charge in [0, 0.05) is 24.0 Å². The third-order valence-electron chi connectivity index (χ3n) is 2.69. The van der Waals surface area contributed by atoms with Crippen molar-refractivity contribution >= 4 is 22.8 Å². The maximum absolute atomic E-state index is 5.84. The molecule has 4 heteroatoms. The van der Waals surface area contributed by atoms with Crippen LogP contribution in [0, 0.1) is 6.92 Å². The van der Waals surface area contributed by atoms with Crippen molar-refractivity contribution in [1.82, 2.24) is 14.5 Å². The highest BCUT2D eigenvalue weighted by Crippen LogP contribution is 2.24. The van der Waals surface area contributed by atoms with E-state index in [9.17, 15) is 0 Å². The van der Waals surface area contributed by atoms with E-state index in [0.29, 0.717) is 5.88 Å². The second-order valence-corrected chi connectivity index (χ2v) is 5.71. The Balaban J connectivity index is 2.71. The van der Waals surface area contributed by atoms with Crippen LogP contribution in [-0.4, -0.2) is 20.4 Å². The zero-order chi connectivity index (χ0) is 12.6. The predicted molar refractivity (Wildman–Crippen MR) is 71.7 cm³/mol. The SMILES string of the molecule is Cc1cnc2c(c1)nc(CCCl)n2C(C)(C)C. The van der Waals surface area contributed by atoms with Crippen LogP contribution in [-0.2, 0) is 12.0 Å². The standard InChI is InChI=1S/C13H18ClN3/c1-9-7-10-12(15-8-9)17(13(2,3)4)11(16-10)5-6-14/h7-8H,5-6H2,1-4H3. The van der Waals surface area contributed by atoms with E-state index >= 15 is 0 Å². The summed E-state index contributed by atoms with van der Waals surface area (Å²) < 4.78 is 2.18. The summed E-state index contributed by atoms with van der Waals surface area (Å²) in [5, 5.41) is 0. The van der Waals surface area contributed by atoms with Gasteiger partial charge < -0.3 is 4.57 Å². The summed E-state index contributed by atoms with van der Waals surface area (Å²) in [4.78, 5) is 9.15. The van der Waals surface area contributed by atoms with Crippen molar-refractivity contribution in [2.75, 3.05) is 5.88 Å². The van der Waals surface area contributed by atoms with E-state index in [1.54, 1.807) is 0 Å². The highest BCUT2D eigenvalue weighted by Gasteiger charge is 2.21. The van der Waals surface area contributed by atoms with Gasteiger partial charge in [0.1, 0.15) is 11.3 Å². The molecule has 0 radical (unpaired) electrons. The summed E-state index contributed by atoms with van der Waals surface area (Å²) >= 11 is 5.84. The van der Waals surface area contributed by atoms with Crippen molar-refractivity contribution < 1.29 is 0 Å². The smallest absolute Gasteiger partial charge is 0.160 e. The third-order valence-corrected chi connectivity index (χ3v) is 2.88. The average Bonchev–Trinajstić information content (AvgIpc) is 2.54. The molecule has 0 aliphatic heterocycles. The topological polar surface area (TPSA) is 30.7 Å². The van der Waals surface area contributed by atoms with Gasteiger partial charge in [-0.1, -0.05) is 0 Å². The fourth-order valence-electron chi connectivity index (χ4n) is 2.07. The first-order valence-electron chi connectivity index (χ1n) is 5.84. The minimum Gasteiger partial charge on any atom is -0.307 e. The summed E-state index contributed by atoms with van der Waals surface area (Å²) in [7, 11) is 0. The van der Waals surface area contributed by atoms with Gasteiger partial charge in [-0.3, -0.25) is 0 Å². The van der Waals surface area contributed by atoms with E-state index in [2.05, 4.69) is 41.4 Å². The first kappa shape index (κ1) is 12.4. The molecule has 0 unspecified atom stereocenters. The van der Waals surface area contributed by atoms with Crippen molar-refractivity contribution in [3.63, 3.8) is 0 Å². The quantitative estimate of drug-likeness (QED) is 0.767. The minimum atomic E-state index is -0.0294. The average molecular weight is 252 g/mol. The number of halogens is 1. The Hall–Kier alpha value is -1.09. The lowest BCUT2D eigenvalue weighted by Gasteiger charge is -2.23. The number of aryl methyl sites for hydroxylation is 2. The summed E-state index contributed by atoms with van der Waals surface area (Å²) in [6.45, 7) is 8.51. The number of imidazole rings is 1. The van der Waals surface area contributed by atoms with E-state index < -0.39 is 0 Å². The second-order valence-electron chi connectivity index (χ2n) is 5.33. The number of alkyl halides is 1. The predicted octanol–water partition coefficient (Wildman–Crippen LogP) is 3.28. The molecule has 17 heavy (non-hydrogen) atoms. The highest BCUT2D eigenvalue weighted by molar-refractivity contribution is 6.17. The summed E-state index contributed by atoms with van der Waals surface area (Å²) in [6, 6.07) is 2.07. The monoisotopic (exact) mass is 251 g/mol. The number of fused-ring (bicyclic) bond motifs is 1. The molecule has 92 valence electrons. The van der Waals surface area contributed by atoms with Crippen molar-refractivity contribution in [3.8, 4) is 0 Å². The molecule has 0 atom stereocenters. The van der Waals surface area contributed by atoms with E-state index in [4.69, 9.17) is 11.6 Å². The van der Waals surface area contributed by atoms with Crippen molar-refractivity contribution in [1.29, 1.82) is 0 Å². The summed E-state index contributed by atoms with van der Waals surface area (Å²) in [6.07, 6.45) is 2.66. The lowest BCUT2D eigenvalue weighted by Crippen LogP contribution is -2.24. The van der Waals surface area contributed by atoms with Gasteiger partial charge in [-0.05, 0) is 39.3 Å². The molecule has 0 fully saturated rings. The normalized spacial score (nSPS) is 12.3. The Morgan fingerprint density at radius 2 is 2.06 bits per heavy atom. The van der Waals surface area contributed by atoms with Gasteiger partial charge in [-0.25, -0.2) is 9.97 Å². The van der Waals surface area contributed by atoms with Gasteiger partial charge in [0.05, 0.1) is 0 Å². The first-order valence-corrected chi connectivity index (χ1v) is 6.37. The third kappa shape index (κ3) is 2.29. The van der Waals surface area contributed by atoms with Gasteiger partial charge in [-0.2, -0.15) is 0 Å². The van der Waals surface area contributed by atoms with Crippen LogP contribution in [0.5, 0.6) is 0 Å². The second kappa shape index (κ2) is 4.30. The molecule has 2 rings (SSSR count). The summed E-state index contributed by atoms with van der Waals surface area (Å²) in [5.74, 6) is 1.60. The molecule has 0 saturated heterocycles. The Morgan fingerprint density at radius 3 is 2.65 bits per heavy atom. The van der Waals surface area contributed by atoms with Crippen LogP contribution in [0.3, 0.4) is 0 Å². The zero-order valence-corrected chi connectivity index (χ0v) is 11.5. The van der Waals surface area contributed by atoms with Crippen LogP contribution in [0.25, 0.3) is 11.2 Å². The Morgan fingerprint density at radius 1 is 1.35 bits per heavy atom. The van der Waals surface area contributed by atoms with E-state index in [-0.39, 0.29) is 5.54 Å². The molecule has 2 aromatic rings. The maximum Gasteiger partial charge on any atom is 0.160 e. The van der Waals surface area contributed by atoms with Gasteiger partial charge in [0.25, 0.3) is 0 Å². The van der Waals surface area contributed by atoms with Crippen LogP contribution >= 0.6 is 11.6 Å². The lowest BCUT2D eigenvalue weighted by atomic mass is 10.1. The van der Waals surface area contributed by atoms with Crippen LogP contribution in [0.4, 0.5) is 0 Å². The van der Waals surface area contributed by atoms with Gasteiger partial charge in [-0.15, -0.1) is 11.6 Å². The van der Waals surface area contributed by atoms with Gasteiger partial charge >= 0.3 is 0 Å². The molecule has 0 saturated carbocycles. The van der Waals surface area contributed by atoms with Crippen LogP contribution in [0.1, 0.15) is 32.2 Å². The lowest BCUT2D eigenvalue weighted by molar-refractivity contribution is 0.393. The summed E-state index contributed by atoms with van der Waals surface area (Å²) in [5.41, 5.74) is 3.01. The van der Waals surface area contributed by atoms with Crippen molar-refractivity contribution in [2.24, 2.45) is 0 Å². The number of nitrogens with zero attached hydrogens (tertiary/aromatic N) is 3. The molecule has 2 heterocycles. The van der Waals surface area contributed by atoms with Gasteiger partial charge in [0.2, 0.25) is 0 Å². The molecule has 3 nitrogen and oxygen atoms in total. The number of aromatic nitrogens is 3. The van der Waals surface area contributed by atoms with E-state index in [1.807, 2.05) is 13.1 Å². The van der Waals surface area contributed by atoms with Crippen LogP contribution in [0.2, 0.25) is 0 Å². The number of rotatable bonds is 2. The molecule has 0 bridgehead atoms. The molecule has 0 aromatic carbocycles. The largest absolute Gasteiger partial charge is 0.307 e. The van der Waals surface area contributed by atoms with Crippen LogP contribution < -0.4 is 0 Å². The Labute approximate surface area is 107 Å². The zero-order valence-electron chi connectivity index (χ0n) is 10.8. The number of pyridine rings is 1. The Kier molecular flexibility index (Phi) is 3.13. The molecule has 0 spiro atoms. The highest BCUT2D eigenvalue weighted by atomic mass is 35.5. The molecule has 2 aromatic heterocycles. The van der Waals surface area contributed by atoms with Gasteiger partial charge in [0.15, 0.2) is 5.65 Å². The molecular weight excluding hydrogens is 234 g/mol. The maximum atomic E-state index is 5.84. The number of hydrogen-bond acceptors (Lipinski definition) is 2. The van der Waals surface area contributed by atoms with Crippen molar-refractivity contribution in [3.05, 3.63) is 23.7 Å². The number of hydrogen-bond donors (Lipinski definition) is 0.